The van der Waals surface area contributed by atoms with Gasteiger partial charge in [-0.15, -0.1) is 0 Å². The Morgan fingerprint density at radius 1 is 1.26 bits per heavy atom. The van der Waals surface area contributed by atoms with Gasteiger partial charge in [0.1, 0.15) is 11.3 Å². The standard InChI is InChI=1S/C18H15N3O6/c1-10-7-8-14(18(19-10)21(24)25)26-9-15(23)20-16-12-5-3-4-6-13(12)27-17(16)11(2)22/h3-8H,9H2,1-2H3,(H,20,23). The van der Waals surface area contributed by atoms with Gasteiger partial charge in [-0.3, -0.25) is 9.59 Å². The SMILES string of the molecule is CC(=O)c1oc2ccccc2c1NC(=O)COc1ccc(C)nc1[N+](=O)[O-]. The number of hydrogen-bond donors (Lipinski definition) is 1. The number of Topliss-reactive ketones (excluding diaryl/α,β-unsaturated/α-hetero) is 1. The van der Waals surface area contributed by atoms with E-state index in [1.807, 2.05) is 0 Å². The molecule has 0 radical (unpaired) electrons. The monoisotopic (exact) mass is 369 g/mol. The summed E-state index contributed by atoms with van der Waals surface area (Å²) in [6.07, 6.45) is 0. The van der Waals surface area contributed by atoms with Crippen LogP contribution in [0.5, 0.6) is 5.75 Å². The summed E-state index contributed by atoms with van der Waals surface area (Å²) < 4.78 is 10.7. The molecule has 0 fully saturated rings. The number of nitrogens with one attached hydrogen (secondary N) is 1. The van der Waals surface area contributed by atoms with E-state index in [1.165, 1.54) is 19.1 Å². The molecular weight excluding hydrogens is 354 g/mol. The smallest absolute Gasteiger partial charge is 0.406 e. The van der Waals surface area contributed by atoms with E-state index < -0.39 is 23.3 Å². The maximum absolute atomic E-state index is 12.3. The molecule has 0 bridgehead atoms. The molecule has 0 spiro atoms. The zero-order valence-electron chi connectivity index (χ0n) is 14.5. The number of furan rings is 1. The second kappa shape index (κ2) is 7.24. The molecule has 0 aliphatic rings. The van der Waals surface area contributed by atoms with Crippen LogP contribution in [0, 0.1) is 17.0 Å². The maximum atomic E-state index is 12.3. The largest absolute Gasteiger partial charge is 0.476 e. The number of ether oxygens (including phenoxy) is 1. The molecule has 0 saturated heterocycles. The number of hydrogen-bond acceptors (Lipinski definition) is 7. The summed E-state index contributed by atoms with van der Waals surface area (Å²) in [7, 11) is 0. The van der Waals surface area contributed by atoms with Crippen molar-refractivity contribution in [2.75, 3.05) is 11.9 Å². The Labute approximate surface area is 153 Å². The number of amides is 1. The second-order valence-corrected chi connectivity index (χ2v) is 5.73. The molecule has 1 amide bonds. The zero-order valence-corrected chi connectivity index (χ0v) is 14.5. The van der Waals surface area contributed by atoms with Gasteiger partial charge in [-0.05, 0) is 34.2 Å². The highest BCUT2D eigenvalue weighted by Crippen LogP contribution is 2.31. The Hall–Kier alpha value is -3.75. The van der Waals surface area contributed by atoms with Crippen LogP contribution < -0.4 is 10.1 Å². The van der Waals surface area contributed by atoms with Gasteiger partial charge in [-0.1, -0.05) is 12.1 Å². The van der Waals surface area contributed by atoms with E-state index in [2.05, 4.69) is 10.3 Å². The number of aromatic nitrogens is 1. The van der Waals surface area contributed by atoms with E-state index in [4.69, 9.17) is 9.15 Å². The number of benzene rings is 1. The average Bonchev–Trinajstić information content (AvgIpc) is 2.99. The summed E-state index contributed by atoms with van der Waals surface area (Å²) in [5.74, 6) is -1.52. The Morgan fingerprint density at radius 3 is 2.70 bits per heavy atom. The van der Waals surface area contributed by atoms with Gasteiger partial charge in [-0.25, -0.2) is 0 Å². The second-order valence-electron chi connectivity index (χ2n) is 5.73. The van der Waals surface area contributed by atoms with Crippen molar-refractivity contribution in [3.8, 4) is 5.75 Å². The molecule has 2 aromatic heterocycles. The molecule has 3 aromatic rings. The van der Waals surface area contributed by atoms with Crippen LogP contribution in [0.25, 0.3) is 11.0 Å². The van der Waals surface area contributed by atoms with Gasteiger partial charge in [-0.2, -0.15) is 0 Å². The Bertz CT molecular complexity index is 1060. The van der Waals surface area contributed by atoms with Crippen molar-refractivity contribution in [2.24, 2.45) is 0 Å². The third-order valence-corrected chi connectivity index (χ3v) is 3.69. The third-order valence-electron chi connectivity index (χ3n) is 3.69. The van der Waals surface area contributed by atoms with Crippen molar-refractivity contribution in [3.05, 3.63) is 58.0 Å². The Kier molecular flexibility index (Phi) is 4.84. The molecule has 0 saturated carbocycles. The van der Waals surface area contributed by atoms with Crippen molar-refractivity contribution < 1.29 is 23.7 Å². The first kappa shape index (κ1) is 18.1. The molecule has 9 heteroatoms. The minimum Gasteiger partial charge on any atom is -0.476 e. The third kappa shape index (κ3) is 3.76. The van der Waals surface area contributed by atoms with Gasteiger partial charge in [0.05, 0.1) is 5.69 Å². The lowest BCUT2D eigenvalue weighted by Gasteiger charge is -2.08. The lowest BCUT2D eigenvalue weighted by Crippen LogP contribution is -2.21. The van der Waals surface area contributed by atoms with Crippen molar-refractivity contribution in [1.29, 1.82) is 0 Å². The van der Waals surface area contributed by atoms with Gasteiger partial charge in [0, 0.05) is 19.2 Å². The summed E-state index contributed by atoms with van der Waals surface area (Å²) in [5.41, 5.74) is 1.15. The van der Waals surface area contributed by atoms with Crippen LogP contribution in [0.1, 0.15) is 23.2 Å². The molecule has 0 aliphatic carbocycles. The highest BCUT2D eigenvalue weighted by molar-refractivity contribution is 6.11. The first-order valence-electron chi connectivity index (χ1n) is 7.94. The number of nitrogens with zero attached hydrogens (tertiary/aromatic N) is 2. The highest BCUT2D eigenvalue weighted by Gasteiger charge is 2.21. The van der Waals surface area contributed by atoms with Crippen molar-refractivity contribution in [1.82, 2.24) is 4.98 Å². The number of pyridine rings is 1. The molecule has 0 atom stereocenters. The number of para-hydroxylation sites is 1. The molecule has 0 unspecified atom stereocenters. The Balaban J connectivity index is 1.80. The quantitative estimate of drug-likeness (QED) is 0.401. The van der Waals surface area contributed by atoms with E-state index in [0.29, 0.717) is 16.7 Å². The predicted octanol–water partition coefficient (Wildman–Crippen LogP) is 3.26. The molecule has 1 aromatic carbocycles. The molecular formula is C18H15N3O6. The number of carbonyl (C=O) groups excluding carboxylic acids is 2. The predicted molar refractivity (Wildman–Crippen MR) is 96.0 cm³/mol. The van der Waals surface area contributed by atoms with Crippen LogP contribution in [0.2, 0.25) is 0 Å². The van der Waals surface area contributed by atoms with E-state index >= 15 is 0 Å². The fourth-order valence-electron chi connectivity index (χ4n) is 2.51. The number of fused-ring (bicyclic) bond motifs is 1. The lowest BCUT2D eigenvalue weighted by molar-refractivity contribution is -0.390. The fraction of sp³-hybridized carbons (Fsp3) is 0.167. The minimum absolute atomic E-state index is 0.0209. The average molecular weight is 369 g/mol. The zero-order chi connectivity index (χ0) is 19.6. The van der Waals surface area contributed by atoms with Gasteiger partial charge < -0.3 is 24.6 Å². The molecule has 9 nitrogen and oxygen atoms in total. The van der Waals surface area contributed by atoms with Crippen molar-refractivity contribution >= 4 is 34.2 Å². The molecule has 0 aliphatic heterocycles. The number of ketones is 1. The van der Waals surface area contributed by atoms with Crippen molar-refractivity contribution in [3.63, 3.8) is 0 Å². The summed E-state index contributed by atoms with van der Waals surface area (Å²) in [5, 5.41) is 14.2. The molecule has 27 heavy (non-hydrogen) atoms. The molecule has 1 N–H and O–H groups in total. The fourth-order valence-corrected chi connectivity index (χ4v) is 2.51. The topological polar surface area (TPSA) is 125 Å². The Morgan fingerprint density at radius 2 is 2.00 bits per heavy atom. The maximum Gasteiger partial charge on any atom is 0.406 e. The van der Waals surface area contributed by atoms with Gasteiger partial charge in [0.25, 0.3) is 5.91 Å². The van der Waals surface area contributed by atoms with Crippen LogP contribution in [-0.2, 0) is 4.79 Å². The molecule has 2 heterocycles. The molecule has 138 valence electrons. The summed E-state index contributed by atoms with van der Waals surface area (Å²) in [4.78, 5) is 38.2. The van der Waals surface area contributed by atoms with Crippen LogP contribution in [-0.4, -0.2) is 28.2 Å². The molecule has 3 rings (SSSR count). The first-order valence-corrected chi connectivity index (χ1v) is 7.94. The van der Waals surface area contributed by atoms with E-state index in [1.54, 1.807) is 31.2 Å². The van der Waals surface area contributed by atoms with Crippen LogP contribution in [0.15, 0.2) is 40.8 Å². The highest BCUT2D eigenvalue weighted by atomic mass is 16.6. The van der Waals surface area contributed by atoms with Crippen LogP contribution >= 0.6 is 0 Å². The van der Waals surface area contributed by atoms with Gasteiger partial charge in [0.15, 0.2) is 18.2 Å². The number of aryl methyl sites for hydroxylation is 1. The van der Waals surface area contributed by atoms with Gasteiger partial charge >= 0.3 is 5.82 Å². The summed E-state index contributed by atoms with van der Waals surface area (Å²) in [6, 6.07) is 9.79. The normalized spacial score (nSPS) is 10.6. The summed E-state index contributed by atoms with van der Waals surface area (Å²) in [6.45, 7) is 2.43. The lowest BCUT2D eigenvalue weighted by atomic mass is 10.2. The number of anilines is 1. The van der Waals surface area contributed by atoms with E-state index in [-0.39, 0.29) is 23.0 Å². The van der Waals surface area contributed by atoms with E-state index in [0.717, 1.165) is 0 Å². The van der Waals surface area contributed by atoms with Crippen molar-refractivity contribution in [2.45, 2.75) is 13.8 Å². The van der Waals surface area contributed by atoms with Gasteiger partial charge in [0.2, 0.25) is 5.75 Å². The van der Waals surface area contributed by atoms with E-state index in [9.17, 15) is 19.7 Å². The van der Waals surface area contributed by atoms with Crippen LogP contribution in [0.4, 0.5) is 11.5 Å². The first-order chi connectivity index (χ1) is 12.9. The number of carbonyl (C=O) groups is 2. The van der Waals surface area contributed by atoms with Crippen LogP contribution in [0.3, 0.4) is 0 Å². The number of nitro groups is 1. The number of rotatable bonds is 6. The summed E-state index contributed by atoms with van der Waals surface area (Å²) >= 11 is 0. The minimum atomic E-state index is -0.683.